The van der Waals surface area contributed by atoms with Gasteiger partial charge in [-0.15, -0.1) is 0 Å². The van der Waals surface area contributed by atoms with Gasteiger partial charge in [0, 0.05) is 18.8 Å². The van der Waals surface area contributed by atoms with E-state index in [4.69, 9.17) is 0 Å². The highest BCUT2D eigenvalue weighted by Crippen LogP contribution is 2.19. The van der Waals surface area contributed by atoms with Crippen molar-refractivity contribution in [1.29, 1.82) is 0 Å². The van der Waals surface area contributed by atoms with Crippen molar-refractivity contribution >= 4 is 11.7 Å². The van der Waals surface area contributed by atoms with Crippen LogP contribution < -0.4 is 4.90 Å². The Morgan fingerprint density at radius 3 is 1.21 bits per heavy atom. The standard InChI is InChI=1S/C31H55NO2/c1-3-5-7-9-11-13-15-17-19-21-27-32(30-25-23-29(24-26-30)31(33)34)28-22-20-18-16-14-12-10-8-6-4-2/h23-26H,3-22,27-28H2,1-2H3,(H,33,34). The molecule has 0 saturated carbocycles. The van der Waals surface area contributed by atoms with Gasteiger partial charge in [-0.2, -0.15) is 0 Å². The summed E-state index contributed by atoms with van der Waals surface area (Å²) in [5.74, 6) is -0.845. The van der Waals surface area contributed by atoms with Gasteiger partial charge in [-0.1, -0.05) is 129 Å². The normalized spacial score (nSPS) is 11.1. The summed E-state index contributed by atoms with van der Waals surface area (Å²) in [6.07, 6.45) is 27.2. The average molecular weight is 474 g/mol. The lowest BCUT2D eigenvalue weighted by Crippen LogP contribution is -2.25. The van der Waals surface area contributed by atoms with Gasteiger partial charge in [-0.05, 0) is 37.1 Å². The van der Waals surface area contributed by atoms with Gasteiger partial charge in [0.05, 0.1) is 5.56 Å². The minimum absolute atomic E-state index is 0.376. The second kappa shape index (κ2) is 22.0. The second-order valence-electron chi connectivity index (χ2n) is 10.2. The molecule has 1 aromatic rings. The number of unbranched alkanes of at least 4 members (excludes halogenated alkanes) is 18. The highest BCUT2D eigenvalue weighted by molar-refractivity contribution is 5.88. The molecule has 0 aliphatic rings. The minimum Gasteiger partial charge on any atom is -0.478 e. The van der Waals surface area contributed by atoms with Gasteiger partial charge >= 0.3 is 5.97 Å². The Kier molecular flexibility index (Phi) is 19.7. The Morgan fingerprint density at radius 2 is 0.882 bits per heavy atom. The van der Waals surface area contributed by atoms with Gasteiger partial charge < -0.3 is 10.0 Å². The van der Waals surface area contributed by atoms with Crippen LogP contribution in [0.3, 0.4) is 0 Å². The average Bonchev–Trinajstić information content (AvgIpc) is 2.85. The van der Waals surface area contributed by atoms with Crippen LogP contribution in [-0.2, 0) is 0 Å². The number of benzene rings is 1. The molecule has 196 valence electrons. The van der Waals surface area contributed by atoms with Crippen LogP contribution in [0.15, 0.2) is 24.3 Å². The van der Waals surface area contributed by atoms with Crippen LogP contribution in [0.5, 0.6) is 0 Å². The fraction of sp³-hybridized carbons (Fsp3) is 0.774. The number of carboxylic acid groups (broad SMARTS) is 1. The number of rotatable bonds is 24. The molecule has 0 bridgehead atoms. The lowest BCUT2D eigenvalue weighted by atomic mass is 10.1. The van der Waals surface area contributed by atoms with Crippen LogP contribution in [0, 0.1) is 0 Å². The Labute approximate surface area is 211 Å². The zero-order valence-electron chi connectivity index (χ0n) is 22.7. The van der Waals surface area contributed by atoms with Gasteiger partial charge in [0.15, 0.2) is 0 Å². The molecule has 0 saturated heterocycles. The number of carbonyl (C=O) groups is 1. The summed E-state index contributed by atoms with van der Waals surface area (Å²) in [6, 6.07) is 7.50. The summed E-state index contributed by atoms with van der Waals surface area (Å²) in [5, 5.41) is 9.21. The molecule has 0 amide bonds. The fourth-order valence-corrected chi connectivity index (χ4v) is 4.77. The summed E-state index contributed by atoms with van der Waals surface area (Å²) in [7, 11) is 0. The molecule has 0 radical (unpaired) electrons. The first-order valence-electron chi connectivity index (χ1n) is 14.8. The van der Waals surface area contributed by atoms with Crippen LogP contribution in [0.2, 0.25) is 0 Å². The minimum atomic E-state index is -0.845. The lowest BCUT2D eigenvalue weighted by Gasteiger charge is -2.25. The van der Waals surface area contributed by atoms with E-state index in [0.29, 0.717) is 5.56 Å². The summed E-state index contributed by atoms with van der Waals surface area (Å²) in [4.78, 5) is 13.7. The zero-order valence-corrected chi connectivity index (χ0v) is 22.7. The van der Waals surface area contributed by atoms with Crippen molar-refractivity contribution in [1.82, 2.24) is 0 Å². The van der Waals surface area contributed by atoms with E-state index in [1.165, 1.54) is 134 Å². The van der Waals surface area contributed by atoms with E-state index in [2.05, 4.69) is 18.7 Å². The van der Waals surface area contributed by atoms with Gasteiger partial charge in [0.25, 0.3) is 0 Å². The molecule has 1 rings (SSSR count). The van der Waals surface area contributed by atoms with E-state index < -0.39 is 5.97 Å². The summed E-state index contributed by atoms with van der Waals surface area (Å²) in [5.41, 5.74) is 1.55. The number of anilines is 1. The summed E-state index contributed by atoms with van der Waals surface area (Å²) in [6.45, 7) is 6.72. The van der Waals surface area contributed by atoms with Crippen molar-refractivity contribution in [2.24, 2.45) is 0 Å². The second-order valence-corrected chi connectivity index (χ2v) is 10.2. The van der Waals surface area contributed by atoms with Crippen molar-refractivity contribution in [2.75, 3.05) is 18.0 Å². The van der Waals surface area contributed by atoms with E-state index in [-0.39, 0.29) is 0 Å². The molecular weight excluding hydrogens is 418 g/mol. The molecule has 34 heavy (non-hydrogen) atoms. The quantitative estimate of drug-likeness (QED) is 0.152. The molecule has 3 nitrogen and oxygen atoms in total. The highest BCUT2D eigenvalue weighted by Gasteiger charge is 2.08. The maximum Gasteiger partial charge on any atom is 0.335 e. The molecule has 1 N–H and O–H groups in total. The van der Waals surface area contributed by atoms with Crippen LogP contribution in [0.25, 0.3) is 0 Å². The molecular formula is C31H55NO2. The Morgan fingerprint density at radius 1 is 0.559 bits per heavy atom. The molecule has 0 aliphatic carbocycles. The number of aromatic carboxylic acids is 1. The largest absolute Gasteiger partial charge is 0.478 e. The molecule has 3 heteroatoms. The van der Waals surface area contributed by atoms with Gasteiger partial charge in [-0.25, -0.2) is 4.79 Å². The molecule has 0 heterocycles. The molecule has 0 fully saturated rings. The number of carboxylic acids is 1. The van der Waals surface area contributed by atoms with Gasteiger partial charge in [-0.3, -0.25) is 0 Å². The lowest BCUT2D eigenvalue weighted by molar-refractivity contribution is 0.0697. The molecule has 0 aliphatic heterocycles. The third-order valence-electron chi connectivity index (χ3n) is 7.04. The predicted molar refractivity (Wildman–Crippen MR) is 149 cm³/mol. The number of hydrogen-bond donors (Lipinski definition) is 1. The first-order valence-corrected chi connectivity index (χ1v) is 14.8. The van der Waals surface area contributed by atoms with Crippen LogP contribution in [-0.4, -0.2) is 24.2 Å². The smallest absolute Gasteiger partial charge is 0.335 e. The topological polar surface area (TPSA) is 40.5 Å². The van der Waals surface area contributed by atoms with Crippen molar-refractivity contribution in [3.8, 4) is 0 Å². The monoisotopic (exact) mass is 473 g/mol. The molecule has 0 aromatic heterocycles. The summed E-state index contributed by atoms with van der Waals surface area (Å²) >= 11 is 0. The molecule has 0 unspecified atom stereocenters. The SMILES string of the molecule is CCCCCCCCCCCCN(CCCCCCCCCCCC)c1ccc(C(=O)O)cc1. The van der Waals surface area contributed by atoms with Crippen molar-refractivity contribution in [3.63, 3.8) is 0 Å². The van der Waals surface area contributed by atoms with Crippen molar-refractivity contribution in [2.45, 2.75) is 142 Å². The van der Waals surface area contributed by atoms with Gasteiger partial charge in [0.2, 0.25) is 0 Å². The maximum atomic E-state index is 11.2. The maximum absolute atomic E-state index is 11.2. The predicted octanol–water partition coefficient (Wildman–Crippen LogP) is 10.0. The zero-order chi connectivity index (χ0) is 24.7. The molecule has 1 aromatic carbocycles. The van der Waals surface area contributed by atoms with E-state index in [9.17, 15) is 9.90 Å². The highest BCUT2D eigenvalue weighted by atomic mass is 16.4. The Hall–Kier alpha value is -1.51. The third kappa shape index (κ3) is 16.2. The molecule has 0 atom stereocenters. The first-order chi connectivity index (χ1) is 16.7. The van der Waals surface area contributed by atoms with E-state index in [0.717, 1.165) is 13.1 Å². The summed E-state index contributed by atoms with van der Waals surface area (Å²) < 4.78 is 0. The number of nitrogens with zero attached hydrogens (tertiary/aromatic N) is 1. The molecule has 0 spiro atoms. The van der Waals surface area contributed by atoms with Crippen LogP contribution in [0.4, 0.5) is 5.69 Å². The fourth-order valence-electron chi connectivity index (χ4n) is 4.77. The van der Waals surface area contributed by atoms with Crippen LogP contribution >= 0.6 is 0 Å². The van der Waals surface area contributed by atoms with Gasteiger partial charge in [0.1, 0.15) is 0 Å². The van der Waals surface area contributed by atoms with E-state index in [1.54, 1.807) is 12.1 Å². The van der Waals surface area contributed by atoms with Crippen molar-refractivity contribution in [3.05, 3.63) is 29.8 Å². The van der Waals surface area contributed by atoms with Crippen LogP contribution in [0.1, 0.15) is 153 Å². The van der Waals surface area contributed by atoms with Crippen molar-refractivity contribution < 1.29 is 9.90 Å². The number of hydrogen-bond acceptors (Lipinski definition) is 2. The third-order valence-corrected chi connectivity index (χ3v) is 7.04. The van der Waals surface area contributed by atoms with E-state index in [1.807, 2.05) is 12.1 Å². The Balaban J connectivity index is 2.28. The Bertz CT molecular complexity index is 560. The van der Waals surface area contributed by atoms with E-state index >= 15 is 0 Å². The first kappa shape index (κ1) is 30.5.